The van der Waals surface area contributed by atoms with Crippen molar-refractivity contribution in [1.29, 1.82) is 0 Å². The van der Waals surface area contributed by atoms with Gasteiger partial charge in [0.15, 0.2) is 0 Å². The number of nitrogens with zero attached hydrogens (tertiary/aromatic N) is 2. The van der Waals surface area contributed by atoms with Crippen molar-refractivity contribution < 1.29 is 8.92 Å². The third kappa shape index (κ3) is 97.4. The Hall–Kier alpha value is -0.270. The number of methoxy groups -OCH3 is 1. The molecule has 1 aromatic heterocycles. The molecule has 1 aromatic rings. The number of hydrogen-bond acceptors (Lipinski definition) is 6. The quantitative estimate of drug-likeness (QED) is 0.424. The molecule has 1 rings (SSSR count). The monoisotopic (exact) mass is 460 g/mol. The molecular formula is C23H60N2O2S2. The molecule has 186 valence electrons. The van der Waals surface area contributed by atoms with Crippen molar-refractivity contribution in [3.8, 4) is 0 Å². The molecule has 0 atom stereocenters. The molecule has 0 aromatic carbocycles. The molecule has 0 saturated heterocycles. The van der Waals surface area contributed by atoms with Gasteiger partial charge in [-0.3, -0.25) is 4.98 Å². The summed E-state index contributed by atoms with van der Waals surface area (Å²) in [4.78, 5) is 6.39. The first-order valence-corrected chi connectivity index (χ1v) is 10.6. The van der Waals surface area contributed by atoms with Gasteiger partial charge in [-0.15, -0.1) is 0 Å². The second kappa shape index (κ2) is 63.0. The molecule has 0 bridgehead atoms. The van der Waals surface area contributed by atoms with Gasteiger partial charge in [0.2, 0.25) is 0 Å². The molecule has 6 heteroatoms. The Bertz CT molecular complexity index is 272. The molecule has 0 aliphatic rings. The SMILES string of the molecule is C.C.C.C.C.CCC.CN(C)CCc1ccccn1.COC.COSC.CSC. The van der Waals surface area contributed by atoms with Crippen molar-refractivity contribution in [1.82, 2.24) is 9.88 Å². The van der Waals surface area contributed by atoms with Crippen molar-refractivity contribution in [2.24, 2.45) is 0 Å². The summed E-state index contributed by atoms with van der Waals surface area (Å²) in [5.74, 6) is 0. The highest BCUT2D eigenvalue weighted by Crippen LogP contribution is 1.94. The van der Waals surface area contributed by atoms with Gasteiger partial charge in [0.25, 0.3) is 0 Å². The van der Waals surface area contributed by atoms with Gasteiger partial charge in [-0.1, -0.05) is 63.5 Å². The normalized spacial score (nSPS) is 6.86. The summed E-state index contributed by atoms with van der Waals surface area (Å²) in [6.07, 6.45) is 10.1. The summed E-state index contributed by atoms with van der Waals surface area (Å²) in [5.41, 5.74) is 1.17. The average molecular weight is 461 g/mol. The molecule has 0 fully saturated rings. The zero-order chi connectivity index (χ0) is 19.6. The summed E-state index contributed by atoms with van der Waals surface area (Å²) in [7, 11) is 9.04. The molecule has 0 aliphatic carbocycles. The van der Waals surface area contributed by atoms with Gasteiger partial charge in [0.05, 0.1) is 7.11 Å². The van der Waals surface area contributed by atoms with E-state index in [1.165, 1.54) is 24.2 Å². The number of thioether (sulfide) groups is 1. The van der Waals surface area contributed by atoms with Gasteiger partial charge >= 0.3 is 0 Å². The van der Waals surface area contributed by atoms with E-state index in [1.54, 1.807) is 33.1 Å². The van der Waals surface area contributed by atoms with E-state index in [4.69, 9.17) is 0 Å². The van der Waals surface area contributed by atoms with E-state index >= 15 is 0 Å². The zero-order valence-electron chi connectivity index (χ0n) is 17.5. The summed E-state index contributed by atoms with van der Waals surface area (Å²) in [5, 5.41) is 0. The molecule has 0 aliphatic heterocycles. The van der Waals surface area contributed by atoms with Crippen molar-refractivity contribution in [2.45, 2.75) is 63.8 Å². The Balaban J connectivity index is -0.0000000275. The Morgan fingerprint density at radius 3 is 1.45 bits per heavy atom. The Morgan fingerprint density at radius 1 is 0.897 bits per heavy atom. The third-order valence-corrected chi connectivity index (χ3v) is 2.04. The topological polar surface area (TPSA) is 34.6 Å². The second-order valence-corrected chi connectivity index (χ2v) is 6.21. The third-order valence-electron chi connectivity index (χ3n) is 1.71. The Labute approximate surface area is 197 Å². The molecule has 0 spiro atoms. The van der Waals surface area contributed by atoms with E-state index in [1.807, 2.05) is 37.1 Å². The first kappa shape index (κ1) is 56.8. The van der Waals surface area contributed by atoms with Crippen LogP contribution in [0.25, 0.3) is 0 Å². The van der Waals surface area contributed by atoms with Crippen LogP contribution in [0.2, 0.25) is 0 Å². The lowest BCUT2D eigenvalue weighted by Crippen LogP contribution is -2.15. The fourth-order valence-electron chi connectivity index (χ4n) is 0.884. The molecule has 0 saturated carbocycles. The highest BCUT2D eigenvalue weighted by molar-refractivity contribution is 7.97. The first-order valence-electron chi connectivity index (χ1n) is 7.87. The van der Waals surface area contributed by atoms with E-state index in [9.17, 15) is 0 Å². The molecule has 0 radical (unpaired) electrons. The molecule has 29 heavy (non-hydrogen) atoms. The van der Waals surface area contributed by atoms with Gasteiger partial charge in [-0.05, 0) is 50.8 Å². The van der Waals surface area contributed by atoms with Gasteiger partial charge < -0.3 is 13.8 Å². The standard InChI is InChI=1S/C9H14N2.C3H8.C2H6OS.C2H6O.C2H6S.5CH4/c1-11(2)8-6-9-5-3-4-7-10-9;1-3-2;1-3-4-2;2*1-3-2;;;;;/h3-5,7H,6,8H2,1-2H3;3H2,1-2H3;1-2H3;2*1-2H3;5*1H4. The van der Waals surface area contributed by atoms with Crippen LogP contribution < -0.4 is 0 Å². The molecule has 0 amide bonds. The number of hydrogen-bond donors (Lipinski definition) is 0. The van der Waals surface area contributed by atoms with Crippen LogP contribution in [0.1, 0.15) is 63.1 Å². The average Bonchev–Trinajstić information content (AvgIpc) is 2.56. The van der Waals surface area contributed by atoms with Gasteiger partial charge in [0, 0.05) is 45.3 Å². The lowest BCUT2D eigenvalue weighted by atomic mass is 10.3. The predicted molar refractivity (Wildman–Crippen MR) is 149 cm³/mol. The largest absolute Gasteiger partial charge is 0.388 e. The first-order chi connectivity index (χ1) is 11.4. The van der Waals surface area contributed by atoms with Crippen molar-refractivity contribution in [3.63, 3.8) is 0 Å². The maximum Gasteiger partial charge on any atom is 0.0503 e. The predicted octanol–water partition coefficient (Wildman–Crippen LogP) is 7.94. The number of pyridine rings is 1. The second-order valence-electron chi connectivity index (χ2n) is 4.73. The fourth-order valence-corrected chi connectivity index (χ4v) is 0.884. The minimum atomic E-state index is 0. The smallest absolute Gasteiger partial charge is 0.0503 e. The number of ether oxygens (including phenoxy) is 1. The van der Waals surface area contributed by atoms with Gasteiger partial charge in [-0.25, -0.2) is 0 Å². The molecule has 1 heterocycles. The van der Waals surface area contributed by atoms with Gasteiger partial charge in [0.1, 0.15) is 0 Å². The minimum absolute atomic E-state index is 0. The van der Waals surface area contributed by atoms with Gasteiger partial charge in [-0.2, -0.15) is 11.8 Å². The Morgan fingerprint density at radius 2 is 1.24 bits per heavy atom. The van der Waals surface area contributed by atoms with Crippen LogP contribution >= 0.6 is 23.8 Å². The van der Waals surface area contributed by atoms with E-state index < -0.39 is 0 Å². The van der Waals surface area contributed by atoms with Crippen LogP contribution in [0.5, 0.6) is 0 Å². The number of likely N-dealkylation sites (N-methyl/N-ethyl adjacent to an activating group) is 1. The summed E-state index contributed by atoms with van der Waals surface area (Å²) in [6.45, 7) is 5.32. The highest BCUT2D eigenvalue weighted by atomic mass is 32.2. The number of rotatable bonds is 4. The van der Waals surface area contributed by atoms with E-state index in [0.29, 0.717) is 0 Å². The summed E-state index contributed by atoms with van der Waals surface area (Å²) in [6, 6.07) is 6.03. The Kier molecular flexibility index (Phi) is 123. The van der Waals surface area contributed by atoms with Crippen LogP contribution in [0, 0.1) is 0 Å². The zero-order valence-corrected chi connectivity index (χ0v) is 19.1. The maximum absolute atomic E-state index is 4.46. The van der Waals surface area contributed by atoms with Crippen molar-refractivity contribution in [2.75, 3.05) is 60.7 Å². The maximum atomic E-state index is 4.46. The highest BCUT2D eigenvalue weighted by Gasteiger charge is 1.93. The van der Waals surface area contributed by atoms with E-state index in [0.717, 1.165) is 13.0 Å². The lowest BCUT2D eigenvalue weighted by Gasteiger charge is -2.07. The van der Waals surface area contributed by atoms with E-state index in [2.05, 4.69) is 52.8 Å². The molecule has 4 nitrogen and oxygen atoms in total. The fraction of sp³-hybridized carbons (Fsp3) is 0.783. The van der Waals surface area contributed by atoms with Crippen molar-refractivity contribution >= 4 is 23.8 Å². The van der Waals surface area contributed by atoms with Crippen LogP contribution in [0.15, 0.2) is 24.4 Å². The molecule has 0 unspecified atom stereocenters. The number of aromatic nitrogens is 1. The summed E-state index contributed by atoms with van der Waals surface area (Å²) < 4.78 is 8.71. The lowest BCUT2D eigenvalue weighted by molar-refractivity contribution is 0.277. The van der Waals surface area contributed by atoms with E-state index in [-0.39, 0.29) is 37.1 Å². The minimum Gasteiger partial charge on any atom is -0.388 e. The van der Waals surface area contributed by atoms with Crippen LogP contribution in [0.4, 0.5) is 0 Å². The van der Waals surface area contributed by atoms with Crippen LogP contribution in [-0.4, -0.2) is 70.6 Å². The molecular weight excluding hydrogens is 400 g/mol. The van der Waals surface area contributed by atoms with Crippen molar-refractivity contribution in [3.05, 3.63) is 30.1 Å². The van der Waals surface area contributed by atoms with Crippen LogP contribution in [-0.2, 0) is 15.3 Å². The van der Waals surface area contributed by atoms with Crippen LogP contribution in [0.3, 0.4) is 0 Å². The summed E-state index contributed by atoms with van der Waals surface area (Å²) >= 11 is 3.11. The molecule has 0 N–H and O–H groups in total.